The van der Waals surface area contributed by atoms with Gasteiger partial charge in [-0.15, -0.1) is 17.9 Å². The Morgan fingerprint density at radius 1 is 1.16 bits per heavy atom. The molecule has 1 heterocycles. The molecule has 0 aliphatic heterocycles. The summed E-state index contributed by atoms with van der Waals surface area (Å²) in [5.74, 6) is 0.564. The SMILES string of the molecule is C=CCN=c1scc(-c2cccc([N+](=O)[O-])c2)n1N=C1CCC(c2ccccc2)CC1. The Bertz CT molecular complexity index is 1170. The molecule has 0 spiro atoms. The fourth-order valence-corrected chi connectivity index (χ4v) is 4.72. The zero-order chi connectivity index (χ0) is 21.6. The molecule has 0 atom stereocenters. The predicted octanol–water partition coefficient (Wildman–Crippen LogP) is 5.77. The lowest BCUT2D eigenvalue weighted by molar-refractivity contribution is -0.384. The summed E-state index contributed by atoms with van der Waals surface area (Å²) < 4.78 is 1.84. The summed E-state index contributed by atoms with van der Waals surface area (Å²) in [7, 11) is 0. The van der Waals surface area contributed by atoms with E-state index in [4.69, 9.17) is 5.10 Å². The summed E-state index contributed by atoms with van der Waals surface area (Å²) >= 11 is 1.48. The van der Waals surface area contributed by atoms with Crippen molar-refractivity contribution in [2.75, 3.05) is 6.54 Å². The molecule has 0 amide bonds. The van der Waals surface area contributed by atoms with Gasteiger partial charge in [-0.05, 0) is 37.2 Å². The maximum absolute atomic E-state index is 11.2. The van der Waals surface area contributed by atoms with Gasteiger partial charge < -0.3 is 0 Å². The minimum absolute atomic E-state index is 0.0656. The Balaban J connectivity index is 1.66. The lowest BCUT2D eigenvalue weighted by Crippen LogP contribution is -2.18. The second-order valence-corrected chi connectivity index (χ2v) is 8.34. The Morgan fingerprint density at radius 3 is 2.65 bits per heavy atom. The topological polar surface area (TPSA) is 72.8 Å². The number of rotatable bonds is 6. The number of non-ortho nitro benzene ring substituents is 1. The second kappa shape index (κ2) is 9.66. The number of benzene rings is 2. The summed E-state index contributed by atoms with van der Waals surface area (Å²) in [6, 6.07) is 17.3. The standard InChI is InChI=1S/C24H24N4O2S/c1-2-15-25-24-27(23(17-31-24)20-9-6-10-22(16-20)28(29)30)26-21-13-11-19(12-14-21)18-7-4-3-5-8-18/h2-10,16-17,19H,1,11-15H2. The lowest BCUT2D eigenvalue weighted by Gasteiger charge is -2.23. The maximum atomic E-state index is 11.2. The van der Waals surface area contributed by atoms with Crippen molar-refractivity contribution in [3.05, 3.63) is 93.1 Å². The van der Waals surface area contributed by atoms with Crippen LogP contribution < -0.4 is 4.80 Å². The van der Waals surface area contributed by atoms with Gasteiger partial charge in [0.15, 0.2) is 0 Å². The van der Waals surface area contributed by atoms with Crippen LogP contribution in [0.3, 0.4) is 0 Å². The molecule has 0 saturated heterocycles. The minimum Gasteiger partial charge on any atom is -0.258 e. The van der Waals surface area contributed by atoms with Crippen LogP contribution in [0.1, 0.15) is 37.2 Å². The molecule has 0 bridgehead atoms. The molecule has 0 unspecified atom stereocenters. The molecule has 1 aliphatic rings. The van der Waals surface area contributed by atoms with Crippen LogP contribution in [-0.2, 0) is 0 Å². The number of hydrogen-bond donors (Lipinski definition) is 0. The van der Waals surface area contributed by atoms with Crippen LogP contribution in [0.4, 0.5) is 5.69 Å². The number of hydrogen-bond acceptors (Lipinski definition) is 5. The molecule has 6 nitrogen and oxygen atoms in total. The van der Waals surface area contributed by atoms with Gasteiger partial charge in [0.1, 0.15) is 0 Å². The number of nitro groups is 1. The summed E-state index contributed by atoms with van der Waals surface area (Å²) in [6.45, 7) is 4.24. The van der Waals surface area contributed by atoms with E-state index in [-0.39, 0.29) is 10.6 Å². The summed E-state index contributed by atoms with van der Waals surface area (Å²) in [4.78, 5) is 16.2. The first-order valence-corrected chi connectivity index (χ1v) is 11.2. The van der Waals surface area contributed by atoms with Crippen molar-refractivity contribution in [3.8, 4) is 11.3 Å². The molecule has 0 N–H and O–H groups in total. The smallest absolute Gasteiger partial charge is 0.258 e. The van der Waals surface area contributed by atoms with Crippen molar-refractivity contribution in [1.82, 2.24) is 4.68 Å². The van der Waals surface area contributed by atoms with E-state index in [1.165, 1.54) is 23.0 Å². The van der Waals surface area contributed by atoms with E-state index in [0.717, 1.165) is 47.5 Å². The van der Waals surface area contributed by atoms with Gasteiger partial charge in [0.2, 0.25) is 4.80 Å². The second-order valence-electron chi connectivity index (χ2n) is 7.50. The van der Waals surface area contributed by atoms with Crippen molar-refractivity contribution in [2.45, 2.75) is 31.6 Å². The third-order valence-electron chi connectivity index (χ3n) is 5.47. The van der Waals surface area contributed by atoms with Crippen LogP contribution in [-0.4, -0.2) is 21.9 Å². The van der Waals surface area contributed by atoms with Gasteiger partial charge in [-0.3, -0.25) is 15.1 Å². The molecular weight excluding hydrogens is 408 g/mol. The summed E-state index contributed by atoms with van der Waals surface area (Å²) in [5.41, 5.74) is 4.17. The van der Waals surface area contributed by atoms with E-state index in [0.29, 0.717) is 12.5 Å². The van der Waals surface area contributed by atoms with Gasteiger partial charge in [-0.2, -0.15) is 5.10 Å². The van der Waals surface area contributed by atoms with Crippen LogP contribution in [0.15, 0.2) is 82.7 Å². The number of nitrogens with zero attached hydrogens (tertiary/aromatic N) is 4. The van der Waals surface area contributed by atoms with Crippen LogP contribution >= 0.6 is 11.3 Å². The molecule has 4 rings (SSSR count). The molecule has 1 aliphatic carbocycles. The van der Waals surface area contributed by atoms with Gasteiger partial charge in [-0.25, -0.2) is 4.68 Å². The van der Waals surface area contributed by atoms with Crippen molar-refractivity contribution in [3.63, 3.8) is 0 Å². The summed E-state index contributed by atoms with van der Waals surface area (Å²) in [6.07, 6.45) is 5.74. The molecule has 3 aromatic rings. The average Bonchev–Trinajstić information content (AvgIpc) is 3.21. The van der Waals surface area contributed by atoms with E-state index < -0.39 is 0 Å². The third kappa shape index (κ3) is 4.88. The first kappa shape index (κ1) is 20.9. The normalized spacial score (nSPS) is 16.8. The van der Waals surface area contributed by atoms with E-state index in [1.807, 2.05) is 16.1 Å². The highest BCUT2D eigenvalue weighted by atomic mass is 32.1. The molecule has 31 heavy (non-hydrogen) atoms. The molecule has 158 valence electrons. The van der Waals surface area contributed by atoms with Crippen LogP contribution in [0.5, 0.6) is 0 Å². The average molecular weight is 433 g/mol. The Morgan fingerprint density at radius 2 is 1.94 bits per heavy atom. The van der Waals surface area contributed by atoms with Gasteiger partial charge >= 0.3 is 0 Å². The van der Waals surface area contributed by atoms with E-state index in [9.17, 15) is 10.1 Å². The van der Waals surface area contributed by atoms with Gasteiger partial charge in [0, 0.05) is 28.8 Å². The molecule has 0 radical (unpaired) electrons. The zero-order valence-corrected chi connectivity index (χ0v) is 18.0. The Kier molecular flexibility index (Phi) is 6.52. The predicted molar refractivity (Wildman–Crippen MR) is 126 cm³/mol. The van der Waals surface area contributed by atoms with Crippen LogP contribution in [0.2, 0.25) is 0 Å². The Hall–Kier alpha value is -3.32. The van der Waals surface area contributed by atoms with E-state index in [1.54, 1.807) is 18.2 Å². The third-order valence-corrected chi connectivity index (χ3v) is 6.32. The maximum Gasteiger partial charge on any atom is 0.270 e. The van der Waals surface area contributed by atoms with E-state index >= 15 is 0 Å². The number of nitro benzene ring substituents is 1. The molecule has 1 fully saturated rings. The minimum atomic E-state index is -0.375. The van der Waals surface area contributed by atoms with Crippen LogP contribution in [0.25, 0.3) is 11.3 Å². The van der Waals surface area contributed by atoms with Crippen molar-refractivity contribution >= 4 is 22.7 Å². The first-order valence-electron chi connectivity index (χ1n) is 10.3. The molecule has 1 saturated carbocycles. The van der Waals surface area contributed by atoms with Gasteiger partial charge in [0.05, 0.1) is 17.2 Å². The highest BCUT2D eigenvalue weighted by Gasteiger charge is 2.20. The monoisotopic (exact) mass is 432 g/mol. The Labute approximate surface area is 185 Å². The quantitative estimate of drug-likeness (QED) is 0.282. The molecular formula is C24H24N4O2S. The van der Waals surface area contributed by atoms with Gasteiger partial charge in [0.25, 0.3) is 5.69 Å². The van der Waals surface area contributed by atoms with Crippen molar-refractivity contribution < 1.29 is 4.92 Å². The number of thiazole rings is 1. The highest BCUT2D eigenvalue weighted by molar-refractivity contribution is 7.07. The first-order chi connectivity index (χ1) is 15.2. The highest BCUT2D eigenvalue weighted by Crippen LogP contribution is 2.32. The lowest BCUT2D eigenvalue weighted by atomic mass is 9.83. The largest absolute Gasteiger partial charge is 0.270 e. The summed E-state index contributed by atoms with van der Waals surface area (Å²) in [5, 5.41) is 18.1. The zero-order valence-electron chi connectivity index (χ0n) is 17.2. The van der Waals surface area contributed by atoms with E-state index in [2.05, 4.69) is 41.9 Å². The fourth-order valence-electron chi connectivity index (χ4n) is 3.88. The molecule has 1 aromatic heterocycles. The molecule has 7 heteroatoms. The van der Waals surface area contributed by atoms with Crippen molar-refractivity contribution in [2.24, 2.45) is 10.1 Å². The van der Waals surface area contributed by atoms with Crippen molar-refractivity contribution in [1.29, 1.82) is 0 Å². The van der Waals surface area contributed by atoms with Crippen LogP contribution in [0, 0.1) is 10.1 Å². The fraction of sp³-hybridized carbons (Fsp3) is 0.250. The van der Waals surface area contributed by atoms with Gasteiger partial charge in [-0.1, -0.05) is 48.5 Å². The number of aromatic nitrogens is 1. The molecule has 2 aromatic carbocycles.